The number of likely N-dealkylation sites (tertiary alicyclic amines) is 1. The third kappa shape index (κ3) is 4.75. The fourth-order valence-corrected chi connectivity index (χ4v) is 4.06. The second-order valence-corrected chi connectivity index (χ2v) is 7.58. The van der Waals surface area contributed by atoms with Gasteiger partial charge in [-0.05, 0) is 60.4 Å². The fourth-order valence-electron chi connectivity index (χ4n) is 2.58. The number of nitrogens with two attached hydrogens (primary N) is 1. The van der Waals surface area contributed by atoms with Crippen LogP contribution in [0.5, 0.6) is 0 Å². The van der Waals surface area contributed by atoms with Crippen molar-refractivity contribution in [2.75, 3.05) is 26.2 Å². The maximum Gasteiger partial charge on any atom is 0.188 e. The summed E-state index contributed by atoms with van der Waals surface area (Å²) >= 11 is 5.24. The summed E-state index contributed by atoms with van der Waals surface area (Å²) < 4.78 is 1.18. The highest BCUT2D eigenvalue weighted by Crippen LogP contribution is 2.22. The number of nitrogens with one attached hydrogen (secondary N) is 1. The maximum absolute atomic E-state index is 5.92. The molecular weight excluding hydrogens is 336 g/mol. The van der Waals surface area contributed by atoms with Crippen LogP contribution in [-0.2, 0) is 6.42 Å². The Bertz CT molecular complexity index is 446. The van der Waals surface area contributed by atoms with Gasteiger partial charge in [0, 0.05) is 17.5 Å². The molecule has 0 aliphatic carbocycles. The lowest BCUT2D eigenvalue weighted by atomic mass is 10.2. The Labute approximate surface area is 133 Å². The molecule has 0 amide bonds. The molecule has 112 valence electrons. The molecule has 1 aliphatic heterocycles. The Morgan fingerprint density at radius 3 is 3.15 bits per heavy atom. The number of rotatable bonds is 6. The molecule has 0 saturated carbocycles. The van der Waals surface area contributed by atoms with Crippen molar-refractivity contribution >= 4 is 33.2 Å². The van der Waals surface area contributed by atoms with Gasteiger partial charge < -0.3 is 11.1 Å². The maximum atomic E-state index is 5.92. The molecule has 1 aromatic heterocycles. The van der Waals surface area contributed by atoms with Crippen molar-refractivity contribution in [1.82, 2.24) is 10.2 Å². The van der Waals surface area contributed by atoms with Crippen molar-refractivity contribution in [1.29, 1.82) is 0 Å². The molecule has 2 heterocycles. The third-order valence-corrected chi connectivity index (χ3v) is 5.37. The molecule has 1 unspecified atom stereocenters. The largest absolute Gasteiger partial charge is 0.370 e. The van der Waals surface area contributed by atoms with E-state index in [9.17, 15) is 0 Å². The molecular formula is C14H23BrN4S. The number of nitrogens with zero attached hydrogens (tertiary/aromatic N) is 2. The van der Waals surface area contributed by atoms with Gasteiger partial charge in [0.25, 0.3) is 0 Å². The van der Waals surface area contributed by atoms with Crippen LogP contribution < -0.4 is 11.1 Å². The smallest absolute Gasteiger partial charge is 0.188 e. The van der Waals surface area contributed by atoms with E-state index in [0.717, 1.165) is 26.1 Å². The highest BCUT2D eigenvalue weighted by molar-refractivity contribution is 9.11. The predicted octanol–water partition coefficient (Wildman–Crippen LogP) is 2.44. The summed E-state index contributed by atoms with van der Waals surface area (Å²) in [5.74, 6) is 0.573. The number of hydrogen-bond donors (Lipinski definition) is 2. The summed E-state index contributed by atoms with van der Waals surface area (Å²) in [6, 6.07) is 4.80. The molecule has 2 rings (SSSR count). The molecule has 0 aromatic carbocycles. The first-order valence-electron chi connectivity index (χ1n) is 7.21. The van der Waals surface area contributed by atoms with Crippen LogP contribution in [0.4, 0.5) is 0 Å². The Balaban J connectivity index is 1.68. The number of hydrogen-bond acceptors (Lipinski definition) is 3. The van der Waals surface area contributed by atoms with E-state index in [1.54, 1.807) is 11.3 Å². The summed E-state index contributed by atoms with van der Waals surface area (Å²) in [7, 11) is 0. The van der Waals surface area contributed by atoms with E-state index >= 15 is 0 Å². The second kappa shape index (κ2) is 8.00. The molecule has 1 fully saturated rings. The topological polar surface area (TPSA) is 53.6 Å². The molecule has 1 aliphatic rings. The summed E-state index contributed by atoms with van der Waals surface area (Å²) in [6.07, 6.45) is 3.51. The lowest BCUT2D eigenvalue weighted by Gasteiger charge is -2.20. The van der Waals surface area contributed by atoms with Crippen LogP contribution in [0.15, 0.2) is 20.9 Å². The van der Waals surface area contributed by atoms with Gasteiger partial charge in [-0.15, -0.1) is 11.3 Å². The van der Waals surface area contributed by atoms with Crippen molar-refractivity contribution in [3.63, 3.8) is 0 Å². The zero-order valence-corrected chi connectivity index (χ0v) is 14.3. The minimum atomic E-state index is 0.573. The molecule has 1 atom stereocenters. The van der Waals surface area contributed by atoms with Gasteiger partial charge in [0.05, 0.1) is 10.3 Å². The molecule has 1 saturated heterocycles. The molecule has 4 nitrogen and oxygen atoms in total. The van der Waals surface area contributed by atoms with E-state index in [-0.39, 0.29) is 0 Å². The number of thiophene rings is 1. The van der Waals surface area contributed by atoms with Crippen molar-refractivity contribution in [2.24, 2.45) is 10.7 Å². The van der Waals surface area contributed by atoms with Gasteiger partial charge >= 0.3 is 0 Å². The Kier molecular flexibility index (Phi) is 6.32. The average molecular weight is 359 g/mol. The van der Waals surface area contributed by atoms with Crippen LogP contribution in [0.25, 0.3) is 0 Å². The van der Waals surface area contributed by atoms with Crippen LogP contribution >= 0.6 is 27.3 Å². The fraction of sp³-hybridized carbons (Fsp3) is 0.643. The summed E-state index contributed by atoms with van der Waals surface area (Å²) in [5.41, 5.74) is 5.92. The van der Waals surface area contributed by atoms with Crippen molar-refractivity contribution < 1.29 is 0 Å². The lowest BCUT2D eigenvalue weighted by Crippen LogP contribution is -2.36. The SMILES string of the molecule is CCN1CCCC1CN=C(N)NCCc1ccc(Br)s1. The van der Waals surface area contributed by atoms with Crippen LogP contribution in [-0.4, -0.2) is 43.1 Å². The van der Waals surface area contributed by atoms with E-state index in [4.69, 9.17) is 5.73 Å². The molecule has 1 aromatic rings. The van der Waals surface area contributed by atoms with E-state index in [0.29, 0.717) is 12.0 Å². The van der Waals surface area contributed by atoms with E-state index in [1.165, 1.54) is 28.0 Å². The first-order valence-corrected chi connectivity index (χ1v) is 8.82. The number of halogens is 1. The normalized spacial score (nSPS) is 20.5. The van der Waals surface area contributed by atoms with Crippen molar-refractivity contribution in [3.05, 3.63) is 20.8 Å². The quantitative estimate of drug-likeness (QED) is 0.606. The zero-order chi connectivity index (χ0) is 14.4. The zero-order valence-electron chi connectivity index (χ0n) is 11.9. The molecule has 20 heavy (non-hydrogen) atoms. The van der Waals surface area contributed by atoms with E-state index < -0.39 is 0 Å². The van der Waals surface area contributed by atoms with Crippen LogP contribution in [0.2, 0.25) is 0 Å². The van der Waals surface area contributed by atoms with Gasteiger partial charge in [-0.2, -0.15) is 0 Å². The molecule has 0 bridgehead atoms. The average Bonchev–Trinajstić information content (AvgIpc) is 3.05. The molecule has 6 heteroatoms. The summed E-state index contributed by atoms with van der Waals surface area (Å²) in [5, 5.41) is 3.20. The Morgan fingerprint density at radius 2 is 2.45 bits per heavy atom. The monoisotopic (exact) mass is 358 g/mol. The Morgan fingerprint density at radius 1 is 1.60 bits per heavy atom. The van der Waals surface area contributed by atoms with Gasteiger partial charge in [0.15, 0.2) is 5.96 Å². The van der Waals surface area contributed by atoms with Crippen molar-refractivity contribution in [3.8, 4) is 0 Å². The number of likely N-dealkylation sites (N-methyl/N-ethyl adjacent to an activating group) is 1. The van der Waals surface area contributed by atoms with Gasteiger partial charge in [-0.1, -0.05) is 6.92 Å². The van der Waals surface area contributed by atoms with Gasteiger partial charge in [0.1, 0.15) is 0 Å². The van der Waals surface area contributed by atoms with Crippen LogP contribution in [0, 0.1) is 0 Å². The highest BCUT2D eigenvalue weighted by atomic mass is 79.9. The first kappa shape index (κ1) is 15.8. The molecule has 3 N–H and O–H groups in total. The van der Waals surface area contributed by atoms with Crippen LogP contribution in [0.1, 0.15) is 24.6 Å². The minimum absolute atomic E-state index is 0.573. The number of guanidine groups is 1. The summed E-state index contributed by atoms with van der Waals surface area (Å²) in [6.45, 7) is 6.18. The highest BCUT2D eigenvalue weighted by Gasteiger charge is 2.22. The van der Waals surface area contributed by atoms with E-state index in [1.807, 2.05) is 0 Å². The number of aliphatic imine (C=N–C) groups is 1. The standard InChI is InChI=1S/C14H23BrN4S/c1-2-19-9-3-4-11(19)10-18-14(16)17-8-7-12-5-6-13(15)20-12/h5-6,11H,2-4,7-10H2,1H3,(H3,16,17,18). The predicted molar refractivity (Wildman–Crippen MR) is 90.5 cm³/mol. The van der Waals surface area contributed by atoms with Gasteiger partial charge in [0.2, 0.25) is 0 Å². The van der Waals surface area contributed by atoms with Crippen molar-refractivity contribution in [2.45, 2.75) is 32.2 Å². The Hall–Kier alpha value is -0.590. The molecule has 0 radical (unpaired) electrons. The van der Waals surface area contributed by atoms with Gasteiger partial charge in [-0.25, -0.2) is 0 Å². The van der Waals surface area contributed by atoms with Gasteiger partial charge in [-0.3, -0.25) is 9.89 Å². The van der Waals surface area contributed by atoms with E-state index in [2.05, 4.69) is 50.2 Å². The first-order chi connectivity index (χ1) is 9.69. The summed E-state index contributed by atoms with van der Waals surface area (Å²) in [4.78, 5) is 8.31. The molecule has 0 spiro atoms. The van der Waals surface area contributed by atoms with Crippen LogP contribution in [0.3, 0.4) is 0 Å². The lowest BCUT2D eigenvalue weighted by molar-refractivity contribution is 0.273. The second-order valence-electron chi connectivity index (χ2n) is 5.03. The third-order valence-electron chi connectivity index (χ3n) is 3.68. The minimum Gasteiger partial charge on any atom is -0.370 e.